The molecule has 0 aliphatic heterocycles. The monoisotopic (exact) mass is 351 g/mol. The Morgan fingerprint density at radius 2 is 1.83 bits per heavy atom. The molecular formula is C17H15ClFNO4. The number of nitrogens with one attached hydrogen (secondary N) is 1. The van der Waals surface area contributed by atoms with Gasteiger partial charge in [-0.05, 0) is 42.5 Å². The molecule has 1 amide bonds. The minimum Gasteiger partial charge on any atom is -0.490 e. The van der Waals surface area contributed by atoms with Gasteiger partial charge < -0.3 is 14.8 Å². The first kappa shape index (κ1) is 17.7. The molecular weight excluding hydrogens is 337 g/mol. The molecule has 0 aliphatic rings. The molecule has 0 fully saturated rings. The van der Waals surface area contributed by atoms with Gasteiger partial charge in [-0.25, -0.2) is 4.39 Å². The van der Waals surface area contributed by atoms with E-state index in [0.717, 1.165) is 6.07 Å². The highest BCUT2D eigenvalue weighted by molar-refractivity contribution is 6.30. The van der Waals surface area contributed by atoms with Crippen LogP contribution in [0.15, 0.2) is 48.5 Å². The maximum absolute atomic E-state index is 13.0. The van der Waals surface area contributed by atoms with Crippen molar-refractivity contribution < 1.29 is 23.5 Å². The highest BCUT2D eigenvalue weighted by atomic mass is 35.5. The summed E-state index contributed by atoms with van der Waals surface area (Å²) in [5.41, 5.74) is 0.133. The van der Waals surface area contributed by atoms with E-state index in [1.165, 1.54) is 18.2 Å². The number of hydrogen-bond acceptors (Lipinski definition) is 4. The lowest BCUT2D eigenvalue weighted by Gasteiger charge is -2.08. The first-order valence-electron chi connectivity index (χ1n) is 7.12. The molecule has 0 radical (unpaired) electrons. The van der Waals surface area contributed by atoms with E-state index < -0.39 is 17.7 Å². The number of hydrogen-bond donors (Lipinski definition) is 1. The van der Waals surface area contributed by atoms with Crippen molar-refractivity contribution in [2.45, 2.75) is 0 Å². The zero-order valence-corrected chi connectivity index (χ0v) is 13.4. The Morgan fingerprint density at radius 1 is 1.08 bits per heavy atom. The second kappa shape index (κ2) is 8.88. The lowest BCUT2D eigenvalue weighted by atomic mass is 10.2. The van der Waals surface area contributed by atoms with E-state index in [1.54, 1.807) is 24.3 Å². The average molecular weight is 352 g/mol. The van der Waals surface area contributed by atoms with Crippen LogP contribution in [0.4, 0.5) is 4.39 Å². The topological polar surface area (TPSA) is 64.6 Å². The van der Waals surface area contributed by atoms with Crippen molar-refractivity contribution in [3.05, 3.63) is 64.9 Å². The van der Waals surface area contributed by atoms with E-state index in [0.29, 0.717) is 10.8 Å². The quantitative estimate of drug-likeness (QED) is 0.615. The molecule has 2 aromatic carbocycles. The largest absolute Gasteiger partial charge is 0.490 e. The first-order chi connectivity index (χ1) is 11.5. The molecule has 2 aromatic rings. The maximum Gasteiger partial charge on any atom is 0.325 e. The summed E-state index contributed by atoms with van der Waals surface area (Å²) in [5.74, 6) is -1.08. The van der Waals surface area contributed by atoms with Crippen molar-refractivity contribution in [2.24, 2.45) is 0 Å². The molecule has 0 saturated heterocycles. The minimum absolute atomic E-state index is 0.0390. The van der Waals surface area contributed by atoms with Gasteiger partial charge in [-0.15, -0.1) is 0 Å². The molecule has 0 unspecified atom stereocenters. The van der Waals surface area contributed by atoms with Gasteiger partial charge >= 0.3 is 5.97 Å². The summed E-state index contributed by atoms with van der Waals surface area (Å²) in [6, 6.07) is 11.9. The smallest absolute Gasteiger partial charge is 0.325 e. The second-order valence-corrected chi connectivity index (χ2v) is 5.15. The Hall–Kier alpha value is -2.60. The molecule has 0 saturated carbocycles. The fourth-order valence-corrected chi connectivity index (χ4v) is 1.91. The average Bonchev–Trinajstić information content (AvgIpc) is 2.58. The van der Waals surface area contributed by atoms with E-state index in [4.69, 9.17) is 21.1 Å². The van der Waals surface area contributed by atoms with Crippen LogP contribution in [0.5, 0.6) is 5.75 Å². The van der Waals surface area contributed by atoms with Gasteiger partial charge in [-0.2, -0.15) is 0 Å². The predicted molar refractivity (Wildman–Crippen MR) is 86.6 cm³/mol. The van der Waals surface area contributed by atoms with Crippen LogP contribution >= 0.6 is 11.6 Å². The normalized spacial score (nSPS) is 10.1. The van der Waals surface area contributed by atoms with Gasteiger partial charge in [0.1, 0.15) is 31.3 Å². The third kappa shape index (κ3) is 5.89. The molecule has 0 spiro atoms. The van der Waals surface area contributed by atoms with E-state index in [9.17, 15) is 14.0 Å². The van der Waals surface area contributed by atoms with Gasteiger partial charge in [0, 0.05) is 10.6 Å². The van der Waals surface area contributed by atoms with Gasteiger partial charge in [-0.3, -0.25) is 9.59 Å². The van der Waals surface area contributed by atoms with Crippen molar-refractivity contribution in [1.82, 2.24) is 5.32 Å². The third-order valence-electron chi connectivity index (χ3n) is 2.91. The highest BCUT2D eigenvalue weighted by Crippen LogP contribution is 2.15. The zero-order valence-electron chi connectivity index (χ0n) is 12.6. The molecule has 0 heterocycles. The lowest BCUT2D eigenvalue weighted by molar-refractivity contribution is -0.143. The number of carbonyl (C=O) groups excluding carboxylic acids is 2. The minimum atomic E-state index is -0.612. The van der Waals surface area contributed by atoms with Crippen molar-refractivity contribution in [1.29, 1.82) is 0 Å². The van der Waals surface area contributed by atoms with Crippen LogP contribution in [0.1, 0.15) is 10.4 Å². The maximum atomic E-state index is 13.0. The lowest BCUT2D eigenvalue weighted by Crippen LogP contribution is -2.31. The van der Waals surface area contributed by atoms with Gasteiger partial charge in [0.2, 0.25) is 0 Å². The molecule has 0 aromatic heterocycles. The van der Waals surface area contributed by atoms with E-state index >= 15 is 0 Å². The van der Waals surface area contributed by atoms with E-state index in [-0.39, 0.29) is 25.3 Å². The fourth-order valence-electron chi connectivity index (χ4n) is 1.78. The van der Waals surface area contributed by atoms with Crippen LogP contribution in [-0.2, 0) is 9.53 Å². The van der Waals surface area contributed by atoms with Crippen LogP contribution in [-0.4, -0.2) is 31.6 Å². The molecule has 7 heteroatoms. The number of carbonyl (C=O) groups is 2. The van der Waals surface area contributed by atoms with Gasteiger partial charge in [0.05, 0.1) is 0 Å². The number of benzene rings is 2. The summed E-state index contributed by atoms with van der Waals surface area (Å²) >= 11 is 5.75. The van der Waals surface area contributed by atoms with Crippen molar-refractivity contribution in [2.75, 3.05) is 19.8 Å². The first-order valence-corrected chi connectivity index (χ1v) is 7.50. The zero-order chi connectivity index (χ0) is 17.4. The van der Waals surface area contributed by atoms with Crippen molar-refractivity contribution >= 4 is 23.5 Å². The summed E-state index contributed by atoms with van der Waals surface area (Å²) in [6.45, 7) is -0.0984. The second-order valence-electron chi connectivity index (χ2n) is 4.72. The van der Waals surface area contributed by atoms with Crippen LogP contribution in [0.2, 0.25) is 5.02 Å². The predicted octanol–water partition coefficient (Wildman–Crippen LogP) is 2.83. The summed E-state index contributed by atoms with van der Waals surface area (Å²) in [4.78, 5) is 23.2. The van der Waals surface area contributed by atoms with Gasteiger partial charge in [0.15, 0.2) is 0 Å². The van der Waals surface area contributed by atoms with Crippen LogP contribution in [0.3, 0.4) is 0 Å². The number of esters is 1. The highest BCUT2D eigenvalue weighted by Gasteiger charge is 2.09. The molecule has 0 bridgehead atoms. The van der Waals surface area contributed by atoms with E-state index in [1.807, 2.05) is 0 Å². The summed E-state index contributed by atoms with van der Waals surface area (Å²) in [6.07, 6.45) is 0. The van der Waals surface area contributed by atoms with Crippen molar-refractivity contribution in [3.63, 3.8) is 0 Å². The SMILES string of the molecule is O=C(CNC(=O)c1cccc(F)c1)OCCOc1ccc(Cl)cc1. The molecule has 126 valence electrons. The Balaban J connectivity index is 1.64. The fraction of sp³-hybridized carbons (Fsp3) is 0.176. The van der Waals surface area contributed by atoms with Crippen molar-refractivity contribution in [3.8, 4) is 5.75 Å². The molecule has 0 atom stereocenters. The Labute approximate surface area is 143 Å². The standard InChI is InChI=1S/C17H15ClFNO4/c18-13-4-6-15(7-5-13)23-8-9-24-16(21)11-20-17(22)12-2-1-3-14(19)10-12/h1-7,10H,8-9,11H2,(H,20,22). The van der Waals surface area contributed by atoms with Crippen LogP contribution < -0.4 is 10.1 Å². The Bertz CT molecular complexity index is 706. The van der Waals surface area contributed by atoms with E-state index in [2.05, 4.69) is 5.32 Å². The number of amides is 1. The molecule has 5 nitrogen and oxygen atoms in total. The molecule has 0 aliphatic carbocycles. The van der Waals surface area contributed by atoms with Gasteiger partial charge in [-0.1, -0.05) is 17.7 Å². The Morgan fingerprint density at radius 3 is 2.54 bits per heavy atom. The van der Waals surface area contributed by atoms with Gasteiger partial charge in [0.25, 0.3) is 5.91 Å². The summed E-state index contributed by atoms with van der Waals surface area (Å²) < 4.78 is 23.3. The summed E-state index contributed by atoms with van der Waals surface area (Å²) in [5, 5.41) is 2.95. The molecule has 24 heavy (non-hydrogen) atoms. The molecule has 1 N–H and O–H groups in total. The number of ether oxygens (including phenoxy) is 2. The summed E-state index contributed by atoms with van der Waals surface area (Å²) in [7, 11) is 0. The Kier molecular flexibility index (Phi) is 6.57. The third-order valence-corrected chi connectivity index (χ3v) is 3.16. The number of halogens is 2. The van der Waals surface area contributed by atoms with Crippen LogP contribution in [0.25, 0.3) is 0 Å². The molecule has 2 rings (SSSR count). The van der Waals surface area contributed by atoms with Crippen LogP contribution in [0, 0.1) is 5.82 Å². The number of rotatable bonds is 7.